The first kappa shape index (κ1) is 18.7. The number of carboxylic acids is 1. The Morgan fingerprint density at radius 1 is 1.37 bits per heavy atom. The van der Waals surface area contributed by atoms with Crippen LogP contribution in [0.2, 0.25) is 0 Å². The molecule has 9 heteroatoms. The van der Waals surface area contributed by atoms with Crippen LogP contribution in [-0.4, -0.2) is 30.4 Å². The van der Waals surface area contributed by atoms with Gasteiger partial charge in [0, 0.05) is 36.0 Å². The van der Waals surface area contributed by atoms with Crippen LogP contribution >= 0.6 is 0 Å². The van der Waals surface area contributed by atoms with Crippen LogP contribution in [-0.2, 0) is 18.0 Å². The quantitative estimate of drug-likeness (QED) is 0.698. The molecule has 0 aliphatic carbocycles. The Morgan fingerprint density at radius 2 is 2.07 bits per heavy atom. The van der Waals surface area contributed by atoms with Gasteiger partial charge >= 0.3 is 12.1 Å². The van der Waals surface area contributed by atoms with Gasteiger partial charge in [-0.2, -0.15) is 18.3 Å². The molecule has 27 heavy (non-hydrogen) atoms. The van der Waals surface area contributed by atoms with Crippen molar-refractivity contribution in [3.8, 4) is 5.82 Å². The molecule has 0 amide bonds. The van der Waals surface area contributed by atoms with Crippen molar-refractivity contribution in [2.24, 2.45) is 7.05 Å². The van der Waals surface area contributed by atoms with E-state index in [1.165, 1.54) is 12.1 Å². The Balaban J connectivity index is 2.22. The van der Waals surface area contributed by atoms with Crippen LogP contribution in [0.3, 0.4) is 0 Å². The third kappa shape index (κ3) is 3.32. The number of nitrogens with zero attached hydrogens (tertiary/aromatic N) is 4. The van der Waals surface area contributed by atoms with Gasteiger partial charge in [0.15, 0.2) is 0 Å². The second-order valence-corrected chi connectivity index (χ2v) is 6.09. The molecular formula is C18H17F3N4O2. The Hall–Kier alpha value is -3.10. The lowest BCUT2D eigenvalue weighted by Crippen LogP contribution is -2.07. The van der Waals surface area contributed by atoms with Gasteiger partial charge in [-0.05, 0) is 31.6 Å². The summed E-state index contributed by atoms with van der Waals surface area (Å²) in [7, 11) is 1.68. The molecule has 142 valence electrons. The number of aromatic nitrogens is 4. The summed E-state index contributed by atoms with van der Waals surface area (Å²) in [4.78, 5) is 15.3. The summed E-state index contributed by atoms with van der Waals surface area (Å²) >= 11 is 0. The van der Waals surface area contributed by atoms with Crippen molar-refractivity contribution in [1.82, 2.24) is 19.3 Å². The molecule has 3 aromatic heterocycles. The van der Waals surface area contributed by atoms with E-state index in [1.54, 1.807) is 36.3 Å². The predicted molar refractivity (Wildman–Crippen MR) is 93.5 cm³/mol. The third-order valence-corrected chi connectivity index (χ3v) is 4.29. The monoisotopic (exact) mass is 378 g/mol. The standard InChI is InChI=1S/C18H17F3N4O2/c1-4-11(17(26)27)8-14-10(2)23-24(3)16(14)25-6-5-12-7-13(18(19,20)21)9-22-15(12)25/h5-9H,4H2,1-3H3,(H,26,27). The fraction of sp³-hybridized carbons (Fsp3) is 0.278. The van der Waals surface area contributed by atoms with Gasteiger partial charge in [-0.15, -0.1) is 0 Å². The zero-order valence-corrected chi connectivity index (χ0v) is 14.9. The molecule has 0 saturated heterocycles. The lowest BCUT2D eigenvalue weighted by molar-refractivity contribution is -0.137. The summed E-state index contributed by atoms with van der Waals surface area (Å²) in [6, 6.07) is 2.57. The largest absolute Gasteiger partial charge is 0.478 e. The molecule has 0 aromatic carbocycles. The average molecular weight is 378 g/mol. The lowest BCUT2D eigenvalue weighted by atomic mass is 10.1. The minimum absolute atomic E-state index is 0.205. The lowest BCUT2D eigenvalue weighted by Gasteiger charge is -2.09. The van der Waals surface area contributed by atoms with Crippen LogP contribution in [0.25, 0.3) is 22.9 Å². The summed E-state index contributed by atoms with van der Waals surface area (Å²) in [5, 5.41) is 14.0. The Labute approximate surface area is 152 Å². The first-order chi connectivity index (χ1) is 12.6. The number of pyridine rings is 1. The maximum atomic E-state index is 12.9. The molecule has 1 N–H and O–H groups in total. The van der Waals surface area contributed by atoms with E-state index >= 15 is 0 Å². The van der Waals surface area contributed by atoms with Crippen molar-refractivity contribution in [1.29, 1.82) is 0 Å². The number of halogens is 3. The van der Waals surface area contributed by atoms with Gasteiger partial charge in [0.1, 0.15) is 11.5 Å². The minimum atomic E-state index is -4.47. The van der Waals surface area contributed by atoms with E-state index in [-0.39, 0.29) is 5.57 Å². The van der Waals surface area contributed by atoms with E-state index in [9.17, 15) is 23.1 Å². The summed E-state index contributed by atoms with van der Waals surface area (Å²) in [6.45, 7) is 3.47. The van der Waals surface area contributed by atoms with E-state index in [0.29, 0.717) is 34.5 Å². The molecule has 0 spiro atoms. The molecular weight excluding hydrogens is 361 g/mol. The Morgan fingerprint density at radius 3 is 2.67 bits per heavy atom. The molecule has 0 radical (unpaired) electrons. The third-order valence-electron chi connectivity index (χ3n) is 4.29. The van der Waals surface area contributed by atoms with Crippen LogP contribution in [0.15, 0.2) is 30.1 Å². The fourth-order valence-electron chi connectivity index (χ4n) is 2.96. The van der Waals surface area contributed by atoms with Crippen molar-refractivity contribution in [2.75, 3.05) is 0 Å². The first-order valence-electron chi connectivity index (χ1n) is 8.15. The second-order valence-electron chi connectivity index (χ2n) is 6.09. The molecule has 0 fully saturated rings. The van der Waals surface area contributed by atoms with Crippen LogP contribution in [0, 0.1) is 6.92 Å². The van der Waals surface area contributed by atoms with Gasteiger partial charge in [-0.25, -0.2) is 9.78 Å². The molecule has 3 heterocycles. The molecule has 3 rings (SSSR count). The van der Waals surface area contributed by atoms with Crippen molar-refractivity contribution in [3.05, 3.63) is 46.9 Å². The molecule has 0 bridgehead atoms. The molecule has 0 unspecified atom stereocenters. The molecule has 6 nitrogen and oxygen atoms in total. The van der Waals surface area contributed by atoms with Crippen LogP contribution in [0.1, 0.15) is 30.2 Å². The van der Waals surface area contributed by atoms with Crippen molar-refractivity contribution >= 4 is 23.1 Å². The summed E-state index contributed by atoms with van der Waals surface area (Å²) in [5.41, 5.74) is 0.891. The zero-order chi connectivity index (χ0) is 19.9. The topological polar surface area (TPSA) is 72.9 Å². The van der Waals surface area contributed by atoms with Gasteiger partial charge in [0.05, 0.1) is 11.3 Å². The molecule has 3 aromatic rings. The Bertz CT molecular complexity index is 1060. The SMILES string of the molecule is CCC(=Cc1c(C)nn(C)c1-n1ccc2cc(C(F)(F)F)cnc21)C(=O)O. The van der Waals surface area contributed by atoms with Gasteiger partial charge in [-0.3, -0.25) is 9.25 Å². The number of aliphatic carboxylic acids is 1. The molecule has 0 atom stereocenters. The number of fused-ring (bicyclic) bond motifs is 1. The molecule has 0 saturated carbocycles. The van der Waals surface area contributed by atoms with E-state index in [2.05, 4.69) is 10.1 Å². The maximum Gasteiger partial charge on any atom is 0.417 e. The maximum absolute atomic E-state index is 12.9. The molecule has 0 aliphatic rings. The van der Waals surface area contributed by atoms with Gasteiger partial charge in [-0.1, -0.05) is 6.92 Å². The summed E-state index contributed by atoms with van der Waals surface area (Å²) < 4.78 is 41.9. The summed E-state index contributed by atoms with van der Waals surface area (Å²) in [6.07, 6.45) is -0.235. The van der Waals surface area contributed by atoms with Gasteiger partial charge in [0.25, 0.3) is 0 Å². The first-order valence-corrected chi connectivity index (χ1v) is 8.15. The number of rotatable bonds is 4. The van der Waals surface area contributed by atoms with E-state index in [0.717, 1.165) is 12.3 Å². The van der Waals surface area contributed by atoms with Crippen LogP contribution in [0.4, 0.5) is 13.2 Å². The normalized spacial score (nSPS) is 12.7. The fourth-order valence-corrected chi connectivity index (χ4v) is 2.96. The highest BCUT2D eigenvalue weighted by atomic mass is 19.4. The number of carboxylic acid groups (broad SMARTS) is 1. The van der Waals surface area contributed by atoms with Crippen LogP contribution in [0.5, 0.6) is 0 Å². The highest BCUT2D eigenvalue weighted by Gasteiger charge is 2.31. The summed E-state index contributed by atoms with van der Waals surface area (Å²) in [5.74, 6) is -0.501. The van der Waals surface area contributed by atoms with Crippen molar-refractivity contribution in [2.45, 2.75) is 26.4 Å². The van der Waals surface area contributed by atoms with Crippen LogP contribution < -0.4 is 0 Å². The minimum Gasteiger partial charge on any atom is -0.478 e. The second kappa shape index (κ2) is 6.57. The van der Waals surface area contributed by atoms with E-state index in [4.69, 9.17) is 0 Å². The molecule has 0 aliphatic heterocycles. The van der Waals surface area contributed by atoms with E-state index < -0.39 is 17.7 Å². The van der Waals surface area contributed by atoms with E-state index in [1.807, 2.05) is 0 Å². The number of aryl methyl sites for hydroxylation is 2. The highest BCUT2D eigenvalue weighted by molar-refractivity contribution is 5.93. The predicted octanol–water partition coefficient (Wildman–Crippen LogP) is 3.96. The smallest absolute Gasteiger partial charge is 0.417 e. The Kier molecular flexibility index (Phi) is 4.54. The number of hydrogen-bond acceptors (Lipinski definition) is 3. The van der Waals surface area contributed by atoms with Crippen molar-refractivity contribution < 1.29 is 23.1 Å². The number of carbonyl (C=O) groups is 1. The van der Waals surface area contributed by atoms with Gasteiger partial charge in [0.2, 0.25) is 0 Å². The van der Waals surface area contributed by atoms with Gasteiger partial charge < -0.3 is 5.11 Å². The average Bonchev–Trinajstić information content (AvgIpc) is 3.11. The zero-order valence-electron chi connectivity index (χ0n) is 14.9. The number of alkyl halides is 3. The number of hydrogen-bond donors (Lipinski definition) is 1. The van der Waals surface area contributed by atoms with Crippen molar-refractivity contribution in [3.63, 3.8) is 0 Å². The highest BCUT2D eigenvalue weighted by Crippen LogP contribution is 2.32.